The molecule has 1 aliphatic rings. The van der Waals surface area contributed by atoms with E-state index < -0.39 is 0 Å². The molecule has 0 amide bonds. The number of hydrogen-bond acceptors (Lipinski definition) is 7. The van der Waals surface area contributed by atoms with E-state index in [0.29, 0.717) is 6.54 Å². The van der Waals surface area contributed by atoms with Crippen LogP contribution in [-0.2, 0) is 4.74 Å². The molecule has 1 fully saturated rings. The monoisotopic (exact) mass is 392 g/mol. The summed E-state index contributed by atoms with van der Waals surface area (Å²) in [6.45, 7) is 9.48. The highest BCUT2D eigenvalue weighted by Crippen LogP contribution is 2.27. The van der Waals surface area contributed by atoms with Crippen LogP contribution in [-0.4, -0.2) is 60.4 Å². The molecule has 7 nitrogen and oxygen atoms in total. The van der Waals surface area contributed by atoms with E-state index in [1.54, 1.807) is 12.4 Å². The van der Waals surface area contributed by atoms with Gasteiger partial charge < -0.3 is 20.3 Å². The third kappa shape index (κ3) is 4.46. The van der Waals surface area contributed by atoms with Crippen LogP contribution >= 0.6 is 0 Å². The van der Waals surface area contributed by atoms with Crippen molar-refractivity contribution in [2.24, 2.45) is 0 Å². The second-order valence-electron chi connectivity index (χ2n) is 7.08. The molecule has 29 heavy (non-hydrogen) atoms. The molecule has 0 spiro atoms. The first-order chi connectivity index (χ1) is 14.3. The molecule has 0 bridgehead atoms. The van der Waals surface area contributed by atoms with Crippen molar-refractivity contribution in [2.45, 2.75) is 20.0 Å². The van der Waals surface area contributed by atoms with Gasteiger partial charge in [-0.15, -0.1) is 0 Å². The minimum Gasteiger partial charge on any atom is -0.374 e. The molecule has 0 unspecified atom stereocenters. The Bertz CT molecular complexity index is 936. The van der Waals surface area contributed by atoms with Gasteiger partial charge in [-0.25, -0.2) is 9.97 Å². The zero-order valence-electron chi connectivity index (χ0n) is 17.1. The first kappa shape index (κ1) is 19.5. The number of rotatable bonds is 7. The van der Waals surface area contributed by atoms with Crippen LogP contribution in [0.25, 0.3) is 22.3 Å². The summed E-state index contributed by atoms with van der Waals surface area (Å²) in [6.07, 6.45) is 3.54. The lowest BCUT2D eigenvalue weighted by molar-refractivity contribution is 0.0372. The molecule has 152 valence electrons. The summed E-state index contributed by atoms with van der Waals surface area (Å²) < 4.78 is 5.79. The number of anilines is 2. The van der Waals surface area contributed by atoms with Crippen molar-refractivity contribution in [3.05, 3.63) is 42.7 Å². The Morgan fingerprint density at radius 1 is 1.14 bits per heavy atom. The Morgan fingerprint density at radius 2 is 1.93 bits per heavy atom. The van der Waals surface area contributed by atoms with E-state index >= 15 is 0 Å². The number of nitrogens with zero attached hydrogens (tertiary/aromatic N) is 4. The first-order valence-corrected chi connectivity index (χ1v) is 10.3. The molecule has 3 aromatic rings. The normalized spacial score (nSPS) is 16.7. The first-order valence-electron chi connectivity index (χ1n) is 10.3. The molecule has 7 heteroatoms. The van der Waals surface area contributed by atoms with Crippen molar-refractivity contribution in [3.8, 4) is 11.3 Å². The summed E-state index contributed by atoms with van der Waals surface area (Å²) in [5, 5.41) is 6.78. The molecule has 0 aliphatic carbocycles. The number of nitrogens with one attached hydrogen (secondary N) is 2. The standard InChI is InChI=1S/C22H28N6O/c1-3-28(4-2)17-7-5-16(6-8-17)19-13-20-21(25-10-9-24-20)22(27-19)26-15-18-14-23-11-12-29-18/h5-10,13,18,23H,3-4,11-12,14-15H2,1-2H3,(H,26,27)/t18-/m0/s1. The van der Waals surface area contributed by atoms with Crippen LogP contribution in [0.4, 0.5) is 11.5 Å². The molecule has 0 saturated carbocycles. The molecular formula is C22H28N6O. The lowest BCUT2D eigenvalue weighted by Crippen LogP contribution is -2.42. The molecule has 3 heterocycles. The Balaban J connectivity index is 1.62. The number of hydrogen-bond donors (Lipinski definition) is 2. The van der Waals surface area contributed by atoms with Crippen molar-refractivity contribution < 1.29 is 4.74 Å². The number of fused-ring (bicyclic) bond motifs is 1. The van der Waals surface area contributed by atoms with E-state index in [0.717, 1.165) is 60.9 Å². The number of benzene rings is 1. The summed E-state index contributed by atoms with van der Waals surface area (Å²) in [6, 6.07) is 10.5. The van der Waals surface area contributed by atoms with E-state index in [1.807, 2.05) is 6.07 Å². The van der Waals surface area contributed by atoms with Gasteiger partial charge in [-0.2, -0.15) is 0 Å². The maximum absolute atomic E-state index is 5.79. The fraction of sp³-hybridized carbons (Fsp3) is 0.409. The van der Waals surface area contributed by atoms with Crippen molar-refractivity contribution in [3.63, 3.8) is 0 Å². The third-order valence-electron chi connectivity index (χ3n) is 5.25. The largest absolute Gasteiger partial charge is 0.374 e. The molecule has 1 aromatic carbocycles. The Morgan fingerprint density at radius 3 is 2.66 bits per heavy atom. The quantitative estimate of drug-likeness (QED) is 0.640. The molecular weight excluding hydrogens is 364 g/mol. The van der Waals surface area contributed by atoms with Gasteiger partial charge in [0.1, 0.15) is 5.52 Å². The lowest BCUT2D eigenvalue weighted by Gasteiger charge is -2.24. The van der Waals surface area contributed by atoms with E-state index in [-0.39, 0.29) is 6.10 Å². The maximum atomic E-state index is 5.79. The number of morpholine rings is 1. The van der Waals surface area contributed by atoms with Crippen LogP contribution < -0.4 is 15.5 Å². The summed E-state index contributed by atoms with van der Waals surface area (Å²) in [4.78, 5) is 16.2. The second kappa shape index (κ2) is 9.15. The van der Waals surface area contributed by atoms with Crippen LogP contribution in [0, 0.1) is 0 Å². The Hall–Kier alpha value is -2.77. The van der Waals surface area contributed by atoms with E-state index in [4.69, 9.17) is 9.72 Å². The third-order valence-corrected chi connectivity index (χ3v) is 5.25. The van der Waals surface area contributed by atoms with Gasteiger partial charge in [-0.05, 0) is 32.0 Å². The van der Waals surface area contributed by atoms with Gasteiger partial charge in [0.15, 0.2) is 5.82 Å². The van der Waals surface area contributed by atoms with Crippen LogP contribution in [0.2, 0.25) is 0 Å². The van der Waals surface area contributed by atoms with E-state index in [2.05, 4.69) is 63.6 Å². The number of ether oxygens (including phenoxy) is 1. The van der Waals surface area contributed by atoms with Gasteiger partial charge in [0.05, 0.1) is 23.9 Å². The molecule has 2 N–H and O–H groups in total. The zero-order valence-corrected chi connectivity index (χ0v) is 17.1. The predicted octanol–water partition coefficient (Wildman–Crippen LogP) is 2.94. The summed E-state index contributed by atoms with van der Waals surface area (Å²) in [5.74, 6) is 0.743. The summed E-state index contributed by atoms with van der Waals surface area (Å²) in [5.41, 5.74) is 4.77. The Labute approximate surface area is 171 Å². The maximum Gasteiger partial charge on any atom is 0.154 e. The van der Waals surface area contributed by atoms with Crippen LogP contribution in [0.15, 0.2) is 42.7 Å². The van der Waals surface area contributed by atoms with Crippen molar-refractivity contribution >= 4 is 22.5 Å². The van der Waals surface area contributed by atoms with Gasteiger partial charge in [0, 0.05) is 56.4 Å². The summed E-state index contributed by atoms with van der Waals surface area (Å²) >= 11 is 0. The van der Waals surface area contributed by atoms with Crippen LogP contribution in [0.1, 0.15) is 13.8 Å². The molecule has 2 aromatic heterocycles. The predicted molar refractivity (Wildman–Crippen MR) is 117 cm³/mol. The van der Waals surface area contributed by atoms with Crippen molar-refractivity contribution in [2.75, 3.05) is 49.5 Å². The van der Waals surface area contributed by atoms with Gasteiger partial charge >= 0.3 is 0 Å². The fourth-order valence-corrected chi connectivity index (χ4v) is 3.64. The highest BCUT2D eigenvalue weighted by Gasteiger charge is 2.15. The molecule has 0 radical (unpaired) electrons. The summed E-state index contributed by atoms with van der Waals surface area (Å²) in [7, 11) is 0. The molecule has 1 aliphatic heterocycles. The van der Waals surface area contributed by atoms with Crippen molar-refractivity contribution in [1.29, 1.82) is 0 Å². The SMILES string of the molecule is CCN(CC)c1ccc(-c2cc3nccnc3c(NC[C@@H]3CNCCO3)n2)cc1. The van der Waals surface area contributed by atoms with Gasteiger partial charge in [0.25, 0.3) is 0 Å². The van der Waals surface area contributed by atoms with E-state index in [9.17, 15) is 0 Å². The smallest absolute Gasteiger partial charge is 0.154 e. The van der Waals surface area contributed by atoms with Crippen molar-refractivity contribution in [1.82, 2.24) is 20.3 Å². The van der Waals surface area contributed by atoms with Gasteiger partial charge in [0.2, 0.25) is 0 Å². The topological polar surface area (TPSA) is 75.2 Å². The molecule has 4 rings (SSSR count). The highest BCUT2D eigenvalue weighted by atomic mass is 16.5. The number of aromatic nitrogens is 3. The minimum absolute atomic E-state index is 0.120. The highest BCUT2D eigenvalue weighted by molar-refractivity contribution is 5.88. The number of pyridine rings is 1. The molecule has 1 atom stereocenters. The molecule has 1 saturated heterocycles. The second-order valence-corrected chi connectivity index (χ2v) is 7.08. The zero-order chi connectivity index (χ0) is 20.1. The lowest BCUT2D eigenvalue weighted by atomic mass is 10.1. The Kier molecular flexibility index (Phi) is 6.17. The average Bonchev–Trinajstić information content (AvgIpc) is 2.79. The van der Waals surface area contributed by atoms with Crippen LogP contribution in [0.3, 0.4) is 0 Å². The van der Waals surface area contributed by atoms with E-state index in [1.165, 1.54) is 5.69 Å². The van der Waals surface area contributed by atoms with Gasteiger partial charge in [-0.1, -0.05) is 12.1 Å². The average molecular weight is 393 g/mol. The minimum atomic E-state index is 0.120. The van der Waals surface area contributed by atoms with Crippen LogP contribution in [0.5, 0.6) is 0 Å². The van der Waals surface area contributed by atoms with Gasteiger partial charge in [-0.3, -0.25) is 4.98 Å². The fourth-order valence-electron chi connectivity index (χ4n) is 3.64.